The molecule has 0 atom stereocenters. The van der Waals surface area contributed by atoms with E-state index in [1.54, 1.807) is 18.4 Å². The van der Waals surface area contributed by atoms with Crippen molar-refractivity contribution in [3.05, 3.63) is 54.2 Å². The largest absolute Gasteiger partial charge is 0.494 e. The number of hydrogen-bond acceptors (Lipinski definition) is 3. The Morgan fingerprint density at radius 1 is 1.20 bits per heavy atom. The highest BCUT2D eigenvalue weighted by molar-refractivity contribution is 5.76. The zero-order chi connectivity index (χ0) is 17.5. The van der Waals surface area contributed by atoms with Crippen molar-refractivity contribution >= 4 is 5.91 Å². The summed E-state index contributed by atoms with van der Waals surface area (Å²) in [6, 6.07) is 10.0. The first-order valence-corrected chi connectivity index (χ1v) is 8.92. The van der Waals surface area contributed by atoms with E-state index in [4.69, 9.17) is 9.15 Å². The molecule has 0 radical (unpaired) electrons. The van der Waals surface area contributed by atoms with Crippen molar-refractivity contribution in [3.8, 4) is 5.75 Å². The first-order chi connectivity index (χ1) is 12.2. The van der Waals surface area contributed by atoms with Gasteiger partial charge in [0.25, 0.3) is 0 Å². The van der Waals surface area contributed by atoms with Gasteiger partial charge in [-0.05, 0) is 55.7 Å². The number of ether oxygens (including phenoxy) is 1. The van der Waals surface area contributed by atoms with Crippen LogP contribution < -0.4 is 4.74 Å². The molecule has 1 fully saturated rings. The lowest BCUT2D eigenvalue weighted by Gasteiger charge is -2.28. The number of amides is 1. The van der Waals surface area contributed by atoms with Gasteiger partial charge < -0.3 is 14.1 Å². The quantitative estimate of drug-likeness (QED) is 0.659. The molecule has 0 unspecified atom stereocenters. The molecule has 0 N–H and O–H groups in total. The lowest BCUT2D eigenvalue weighted by atomic mass is 10.1. The minimum atomic E-state index is -0.285. The normalized spacial score (nSPS) is 14.6. The van der Waals surface area contributed by atoms with E-state index in [0.29, 0.717) is 37.8 Å². The van der Waals surface area contributed by atoms with Gasteiger partial charge in [0.1, 0.15) is 17.3 Å². The van der Waals surface area contributed by atoms with Gasteiger partial charge in [-0.15, -0.1) is 0 Å². The van der Waals surface area contributed by atoms with Crippen LogP contribution in [0.3, 0.4) is 0 Å². The molecule has 1 aliphatic carbocycles. The molecule has 5 heteroatoms. The average molecular weight is 345 g/mol. The van der Waals surface area contributed by atoms with Crippen LogP contribution in [0.4, 0.5) is 4.39 Å². The number of rotatable bonds is 8. The fourth-order valence-electron chi connectivity index (χ4n) is 3.30. The Bertz CT molecular complexity index is 648. The molecule has 1 saturated carbocycles. The maximum absolute atomic E-state index is 12.9. The number of nitrogens with zero attached hydrogens (tertiary/aromatic N) is 1. The van der Waals surface area contributed by atoms with Gasteiger partial charge in [-0.3, -0.25) is 4.79 Å². The molecule has 1 heterocycles. The minimum Gasteiger partial charge on any atom is -0.494 e. The summed E-state index contributed by atoms with van der Waals surface area (Å²) in [5, 5.41) is 0. The molecular formula is C20H24FNO3. The van der Waals surface area contributed by atoms with Crippen molar-refractivity contribution in [3.63, 3.8) is 0 Å². The number of benzene rings is 1. The zero-order valence-corrected chi connectivity index (χ0v) is 14.3. The summed E-state index contributed by atoms with van der Waals surface area (Å²) >= 11 is 0. The number of halogens is 1. The second kappa shape index (κ2) is 8.70. The van der Waals surface area contributed by atoms with Crippen LogP contribution in [0, 0.1) is 5.82 Å². The van der Waals surface area contributed by atoms with Crippen LogP contribution in [0.25, 0.3) is 0 Å². The second-order valence-electron chi connectivity index (χ2n) is 6.45. The van der Waals surface area contributed by atoms with Gasteiger partial charge in [-0.2, -0.15) is 0 Å². The van der Waals surface area contributed by atoms with Gasteiger partial charge in [0.15, 0.2) is 0 Å². The fraction of sp³-hybridized carbons (Fsp3) is 0.450. The third kappa shape index (κ3) is 5.08. The van der Waals surface area contributed by atoms with Gasteiger partial charge in [-0.1, -0.05) is 12.8 Å². The summed E-state index contributed by atoms with van der Waals surface area (Å²) in [7, 11) is 0. The first kappa shape index (κ1) is 17.5. The van der Waals surface area contributed by atoms with Crippen molar-refractivity contribution in [2.24, 2.45) is 0 Å². The van der Waals surface area contributed by atoms with E-state index >= 15 is 0 Å². The summed E-state index contributed by atoms with van der Waals surface area (Å²) in [5.41, 5.74) is 0. The Kier molecular flexibility index (Phi) is 6.09. The van der Waals surface area contributed by atoms with E-state index < -0.39 is 0 Å². The third-order valence-corrected chi connectivity index (χ3v) is 4.61. The highest BCUT2D eigenvalue weighted by atomic mass is 19.1. The maximum atomic E-state index is 12.9. The number of hydrogen-bond donors (Lipinski definition) is 0. The highest BCUT2D eigenvalue weighted by Crippen LogP contribution is 2.26. The number of furan rings is 1. The van der Waals surface area contributed by atoms with Crippen LogP contribution in [-0.2, 0) is 11.3 Å². The van der Waals surface area contributed by atoms with Gasteiger partial charge in [-0.25, -0.2) is 4.39 Å². The Morgan fingerprint density at radius 2 is 1.96 bits per heavy atom. The number of carbonyl (C=O) groups is 1. The van der Waals surface area contributed by atoms with Crippen molar-refractivity contribution < 1.29 is 18.3 Å². The standard InChI is InChI=1S/C20H24FNO3/c21-16-9-11-18(12-10-16)24-14-4-8-20(23)22(17-5-1-2-6-17)15-19-7-3-13-25-19/h3,7,9-13,17H,1-2,4-6,8,14-15H2. The van der Waals surface area contributed by atoms with E-state index in [-0.39, 0.29) is 11.7 Å². The zero-order valence-electron chi connectivity index (χ0n) is 14.3. The van der Waals surface area contributed by atoms with E-state index in [1.165, 1.54) is 25.0 Å². The molecule has 0 spiro atoms. The molecule has 1 aliphatic rings. The Labute approximate surface area is 147 Å². The van der Waals surface area contributed by atoms with Crippen LogP contribution in [0.2, 0.25) is 0 Å². The minimum absolute atomic E-state index is 0.144. The third-order valence-electron chi connectivity index (χ3n) is 4.61. The molecule has 0 aliphatic heterocycles. The topological polar surface area (TPSA) is 42.7 Å². The second-order valence-corrected chi connectivity index (χ2v) is 6.45. The molecule has 0 bridgehead atoms. The molecule has 1 aromatic heterocycles. The van der Waals surface area contributed by atoms with E-state index in [2.05, 4.69) is 0 Å². The number of carbonyl (C=O) groups excluding carboxylic acids is 1. The van der Waals surface area contributed by atoms with E-state index in [1.807, 2.05) is 17.0 Å². The predicted octanol–water partition coefficient (Wildman–Crippen LogP) is 4.55. The predicted molar refractivity (Wildman–Crippen MR) is 92.6 cm³/mol. The van der Waals surface area contributed by atoms with Gasteiger partial charge in [0.05, 0.1) is 19.4 Å². The summed E-state index contributed by atoms with van der Waals surface area (Å²) in [4.78, 5) is 14.7. The molecule has 0 saturated heterocycles. The molecule has 4 nitrogen and oxygen atoms in total. The van der Waals surface area contributed by atoms with Crippen LogP contribution >= 0.6 is 0 Å². The van der Waals surface area contributed by atoms with Crippen LogP contribution in [-0.4, -0.2) is 23.5 Å². The Hall–Kier alpha value is -2.30. The van der Waals surface area contributed by atoms with Crippen LogP contribution in [0.15, 0.2) is 47.1 Å². The van der Waals surface area contributed by atoms with Crippen molar-refractivity contribution in [2.75, 3.05) is 6.61 Å². The fourth-order valence-corrected chi connectivity index (χ4v) is 3.30. The average Bonchev–Trinajstić information content (AvgIpc) is 3.31. The molecular weight excluding hydrogens is 321 g/mol. The van der Waals surface area contributed by atoms with Gasteiger partial charge in [0.2, 0.25) is 5.91 Å². The molecule has 134 valence electrons. The van der Waals surface area contributed by atoms with Crippen molar-refractivity contribution in [1.29, 1.82) is 0 Å². The molecule has 25 heavy (non-hydrogen) atoms. The Balaban J connectivity index is 1.48. The SMILES string of the molecule is O=C(CCCOc1ccc(F)cc1)N(Cc1ccco1)C1CCCC1. The van der Waals surface area contributed by atoms with Crippen LogP contribution in [0.5, 0.6) is 5.75 Å². The first-order valence-electron chi connectivity index (χ1n) is 8.92. The summed E-state index contributed by atoms with van der Waals surface area (Å²) in [6.45, 7) is 0.978. The van der Waals surface area contributed by atoms with Gasteiger partial charge >= 0.3 is 0 Å². The molecule has 3 rings (SSSR count). The Morgan fingerprint density at radius 3 is 2.64 bits per heavy atom. The van der Waals surface area contributed by atoms with Crippen LogP contribution in [0.1, 0.15) is 44.3 Å². The molecule has 2 aromatic rings. The summed E-state index contributed by atoms with van der Waals surface area (Å²) in [5.74, 6) is 1.30. The maximum Gasteiger partial charge on any atom is 0.223 e. The molecule has 1 aromatic carbocycles. The smallest absolute Gasteiger partial charge is 0.223 e. The molecule has 1 amide bonds. The van der Waals surface area contributed by atoms with Gasteiger partial charge in [0, 0.05) is 12.5 Å². The van der Waals surface area contributed by atoms with Crippen molar-refractivity contribution in [2.45, 2.75) is 51.1 Å². The lowest BCUT2D eigenvalue weighted by molar-refractivity contribution is -0.134. The van der Waals surface area contributed by atoms with E-state index in [0.717, 1.165) is 18.6 Å². The summed E-state index contributed by atoms with van der Waals surface area (Å²) < 4.78 is 23.8. The lowest BCUT2D eigenvalue weighted by Crippen LogP contribution is -2.38. The highest BCUT2D eigenvalue weighted by Gasteiger charge is 2.27. The summed E-state index contributed by atoms with van der Waals surface area (Å²) in [6.07, 6.45) is 7.22. The van der Waals surface area contributed by atoms with E-state index in [9.17, 15) is 9.18 Å². The van der Waals surface area contributed by atoms with Crippen molar-refractivity contribution in [1.82, 2.24) is 4.90 Å². The monoisotopic (exact) mass is 345 g/mol.